The van der Waals surface area contributed by atoms with Crippen molar-refractivity contribution in [1.29, 1.82) is 0 Å². The maximum Gasteiger partial charge on any atom is 0.0692 e. The molecule has 3 atom stereocenters. The average molecular weight is 254 g/mol. The molecule has 19 heavy (non-hydrogen) atoms. The summed E-state index contributed by atoms with van der Waals surface area (Å²) in [5, 5.41) is 10.6. The molecule has 1 heterocycles. The van der Waals surface area contributed by atoms with Crippen molar-refractivity contribution in [2.24, 2.45) is 5.73 Å². The van der Waals surface area contributed by atoms with Gasteiger partial charge in [-0.15, -0.1) is 0 Å². The van der Waals surface area contributed by atoms with Crippen LogP contribution in [0.2, 0.25) is 0 Å². The van der Waals surface area contributed by atoms with E-state index in [0.717, 1.165) is 12.0 Å². The second-order valence-corrected chi connectivity index (χ2v) is 5.12. The monoisotopic (exact) mass is 254 g/mol. The van der Waals surface area contributed by atoms with Crippen LogP contribution in [0, 0.1) is 0 Å². The minimum absolute atomic E-state index is 0.0265. The van der Waals surface area contributed by atoms with E-state index in [0.29, 0.717) is 6.54 Å². The topological polar surface area (TPSA) is 59.1 Å². The van der Waals surface area contributed by atoms with Gasteiger partial charge in [0.25, 0.3) is 0 Å². The van der Waals surface area contributed by atoms with Crippen molar-refractivity contribution in [3.8, 4) is 0 Å². The summed E-state index contributed by atoms with van der Waals surface area (Å²) in [5.74, 6) is 0.180. The largest absolute Gasteiger partial charge is 0.392 e. The number of nitrogens with zero attached hydrogens (tertiary/aromatic N) is 1. The molecule has 1 aliphatic carbocycles. The molecule has 3 unspecified atom stereocenters. The van der Waals surface area contributed by atoms with Crippen LogP contribution in [0.5, 0.6) is 0 Å². The SMILES string of the molecule is NCC(c1ccncc1)C(O)C1Cc2ccccc21. The average Bonchev–Trinajstić information content (AvgIpc) is 2.42. The Morgan fingerprint density at radius 2 is 1.95 bits per heavy atom. The maximum absolute atomic E-state index is 10.6. The molecule has 0 saturated heterocycles. The fourth-order valence-electron chi connectivity index (χ4n) is 2.97. The van der Waals surface area contributed by atoms with Gasteiger partial charge in [0.2, 0.25) is 0 Å². The summed E-state index contributed by atoms with van der Waals surface area (Å²) in [6.45, 7) is 0.448. The molecule has 0 amide bonds. The number of aliphatic hydroxyl groups is 1. The highest BCUT2D eigenvalue weighted by Gasteiger charge is 2.36. The first-order valence-electron chi connectivity index (χ1n) is 6.67. The number of aliphatic hydroxyl groups excluding tert-OH is 1. The van der Waals surface area contributed by atoms with Crippen LogP contribution < -0.4 is 5.73 Å². The highest BCUT2D eigenvalue weighted by Crippen LogP contribution is 2.41. The number of rotatable bonds is 4. The molecule has 2 aromatic rings. The van der Waals surface area contributed by atoms with E-state index in [-0.39, 0.29) is 11.8 Å². The van der Waals surface area contributed by atoms with E-state index in [2.05, 4.69) is 17.1 Å². The Morgan fingerprint density at radius 3 is 2.63 bits per heavy atom. The summed E-state index contributed by atoms with van der Waals surface area (Å²) in [5.41, 5.74) is 9.54. The third-order valence-corrected chi connectivity index (χ3v) is 4.11. The van der Waals surface area contributed by atoms with Crippen molar-refractivity contribution in [2.45, 2.75) is 24.4 Å². The highest BCUT2D eigenvalue weighted by molar-refractivity contribution is 5.41. The summed E-state index contributed by atoms with van der Waals surface area (Å²) in [6.07, 6.45) is 4.01. The van der Waals surface area contributed by atoms with E-state index in [1.165, 1.54) is 11.1 Å². The third-order valence-electron chi connectivity index (χ3n) is 4.11. The van der Waals surface area contributed by atoms with Crippen LogP contribution in [0.25, 0.3) is 0 Å². The Bertz CT molecular complexity index is 556. The van der Waals surface area contributed by atoms with Crippen molar-refractivity contribution in [3.05, 3.63) is 65.5 Å². The van der Waals surface area contributed by atoms with Crippen LogP contribution in [-0.4, -0.2) is 22.7 Å². The fraction of sp³-hybridized carbons (Fsp3) is 0.312. The van der Waals surface area contributed by atoms with Crippen LogP contribution in [0.3, 0.4) is 0 Å². The van der Waals surface area contributed by atoms with Gasteiger partial charge in [0.05, 0.1) is 6.10 Å². The van der Waals surface area contributed by atoms with Gasteiger partial charge in [-0.2, -0.15) is 0 Å². The van der Waals surface area contributed by atoms with Crippen molar-refractivity contribution in [1.82, 2.24) is 4.98 Å². The normalized spacial score (nSPS) is 20.2. The number of benzene rings is 1. The smallest absolute Gasteiger partial charge is 0.0692 e. The Balaban J connectivity index is 1.83. The van der Waals surface area contributed by atoms with E-state index in [1.807, 2.05) is 24.3 Å². The van der Waals surface area contributed by atoms with Gasteiger partial charge in [0, 0.05) is 30.8 Å². The molecular formula is C16H18N2O. The molecule has 3 rings (SSSR count). The Labute approximate surface area is 113 Å². The third kappa shape index (κ3) is 2.15. The summed E-state index contributed by atoms with van der Waals surface area (Å²) < 4.78 is 0. The first kappa shape index (κ1) is 12.3. The molecule has 0 spiro atoms. The lowest BCUT2D eigenvalue weighted by Crippen LogP contribution is -2.36. The number of hydrogen-bond donors (Lipinski definition) is 2. The molecular weight excluding hydrogens is 236 g/mol. The summed E-state index contributed by atoms with van der Waals surface area (Å²) >= 11 is 0. The van der Waals surface area contributed by atoms with Gasteiger partial charge in [-0.05, 0) is 35.2 Å². The molecule has 3 heteroatoms. The maximum atomic E-state index is 10.6. The molecule has 0 bridgehead atoms. The minimum atomic E-state index is -0.428. The van der Waals surface area contributed by atoms with Gasteiger partial charge < -0.3 is 10.8 Å². The van der Waals surface area contributed by atoms with E-state index in [9.17, 15) is 5.11 Å². The predicted molar refractivity (Wildman–Crippen MR) is 74.9 cm³/mol. The number of aromatic nitrogens is 1. The zero-order valence-electron chi connectivity index (χ0n) is 10.7. The molecule has 0 fully saturated rings. The van der Waals surface area contributed by atoms with Crippen LogP contribution in [0.4, 0.5) is 0 Å². The quantitative estimate of drug-likeness (QED) is 0.875. The second kappa shape index (κ2) is 5.11. The predicted octanol–water partition coefficient (Wildman–Crippen LogP) is 1.82. The van der Waals surface area contributed by atoms with Crippen LogP contribution in [-0.2, 0) is 6.42 Å². The summed E-state index contributed by atoms with van der Waals surface area (Å²) in [7, 11) is 0. The molecule has 0 aliphatic heterocycles. The molecule has 3 nitrogen and oxygen atoms in total. The first-order valence-corrected chi connectivity index (χ1v) is 6.67. The molecule has 1 aliphatic rings. The van der Waals surface area contributed by atoms with Crippen molar-refractivity contribution in [3.63, 3.8) is 0 Å². The van der Waals surface area contributed by atoms with Crippen molar-refractivity contribution < 1.29 is 5.11 Å². The standard InChI is InChI=1S/C16H18N2O/c17-10-15(11-5-7-18-8-6-11)16(19)14-9-12-3-1-2-4-13(12)14/h1-8,14-16,19H,9-10,17H2. The summed E-state index contributed by atoms with van der Waals surface area (Å²) in [4.78, 5) is 4.01. The van der Waals surface area contributed by atoms with Gasteiger partial charge in [-0.1, -0.05) is 24.3 Å². The highest BCUT2D eigenvalue weighted by atomic mass is 16.3. The van der Waals surface area contributed by atoms with Crippen molar-refractivity contribution >= 4 is 0 Å². The molecule has 0 radical (unpaired) electrons. The minimum Gasteiger partial charge on any atom is -0.392 e. The van der Waals surface area contributed by atoms with E-state index in [1.54, 1.807) is 12.4 Å². The van der Waals surface area contributed by atoms with Gasteiger partial charge >= 0.3 is 0 Å². The number of fused-ring (bicyclic) bond motifs is 1. The first-order chi connectivity index (χ1) is 9.31. The number of hydrogen-bond acceptors (Lipinski definition) is 3. The lowest BCUT2D eigenvalue weighted by atomic mass is 9.70. The Morgan fingerprint density at radius 1 is 1.21 bits per heavy atom. The van der Waals surface area contributed by atoms with Gasteiger partial charge in [-0.25, -0.2) is 0 Å². The van der Waals surface area contributed by atoms with Crippen LogP contribution in [0.15, 0.2) is 48.8 Å². The van der Waals surface area contributed by atoms with Crippen LogP contribution >= 0.6 is 0 Å². The van der Waals surface area contributed by atoms with Gasteiger partial charge in [-0.3, -0.25) is 4.98 Å². The second-order valence-electron chi connectivity index (χ2n) is 5.12. The zero-order chi connectivity index (χ0) is 13.2. The van der Waals surface area contributed by atoms with Crippen LogP contribution in [0.1, 0.15) is 28.5 Å². The van der Waals surface area contributed by atoms with Gasteiger partial charge in [0.15, 0.2) is 0 Å². The summed E-state index contributed by atoms with van der Waals surface area (Å²) in [6, 6.07) is 12.2. The Hall–Kier alpha value is -1.71. The lowest BCUT2D eigenvalue weighted by molar-refractivity contribution is 0.106. The number of pyridine rings is 1. The molecule has 1 aromatic heterocycles. The van der Waals surface area contributed by atoms with E-state index < -0.39 is 6.10 Å². The Kier molecular flexibility index (Phi) is 3.32. The van der Waals surface area contributed by atoms with Gasteiger partial charge in [0.1, 0.15) is 0 Å². The molecule has 3 N–H and O–H groups in total. The van der Waals surface area contributed by atoms with E-state index in [4.69, 9.17) is 5.73 Å². The molecule has 1 aromatic carbocycles. The molecule has 98 valence electrons. The fourth-order valence-corrected chi connectivity index (χ4v) is 2.97. The zero-order valence-corrected chi connectivity index (χ0v) is 10.7. The van der Waals surface area contributed by atoms with Crippen molar-refractivity contribution in [2.75, 3.05) is 6.54 Å². The molecule has 0 saturated carbocycles. The lowest BCUT2D eigenvalue weighted by Gasteiger charge is -2.37. The van der Waals surface area contributed by atoms with E-state index >= 15 is 0 Å². The number of nitrogens with two attached hydrogens (primary N) is 1.